The van der Waals surface area contributed by atoms with Crippen molar-refractivity contribution in [3.8, 4) is 0 Å². The minimum absolute atomic E-state index is 0.0540. The average molecular weight is 366 g/mol. The predicted molar refractivity (Wildman–Crippen MR) is 103 cm³/mol. The lowest BCUT2D eigenvalue weighted by molar-refractivity contribution is 0.119. The number of ether oxygens (including phenoxy) is 1. The van der Waals surface area contributed by atoms with Crippen LogP contribution in [0.3, 0.4) is 0 Å². The molecule has 1 aromatic rings. The maximum Gasteiger partial charge on any atom is 0.193 e. The fraction of sp³-hybridized carbons (Fsp3) is 0.778. The number of nitrogens with zero attached hydrogens (tertiary/aromatic N) is 4. The molecule has 3 rings (SSSR count). The summed E-state index contributed by atoms with van der Waals surface area (Å²) in [5.74, 6) is 1.68. The van der Waals surface area contributed by atoms with Crippen molar-refractivity contribution >= 4 is 17.3 Å². The Morgan fingerprint density at radius 2 is 2.32 bits per heavy atom. The SMILES string of the molecule is CN=C(NCC1CCN(C2CC2)C1)N(C)Cc1csc(C(C)OC)n1. The minimum Gasteiger partial charge on any atom is -0.375 e. The number of thiazole rings is 1. The summed E-state index contributed by atoms with van der Waals surface area (Å²) in [6.45, 7) is 6.29. The van der Waals surface area contributed by atoms with Crippen molar-refractivity contribution in [1.29, 1.82) is 0 Å². The van der Waals surface area contributed by atoms with Crippen molar-refractivity contribution in [2.24, 2.45) is 10.9 Å². The first-order chi connectivity index (χ1) is 12.1. The smallest absolute Gasteiger partial charge is 0.193 e. The van der Waals surface area contributed by atoms with E-state index in [-0.39, 0.29) is 6.10 Å². The summed E-state index contributed by atoms with van der Waals surface area (Å²) in [7, 11) is 5.64. The Bertz CT molecular complexity index is 586. The van der Waals surface area contributed by atoms with E-state index < -0.39 is 0 Å². The minimum atomic E-state index is 0.0540. The molecule has 140 valence electrons. The molecule has 6 nitrogen and oxygen atoms in total. The first-order valence-corrected chi connectivity index (χ1v) is 10.1. The van der Waals surface area contributed by atoms with Gasteiger partial charge in [0.25, 0.3) is 0 Å². The van der Waals surface area contributed by atoms with Crippen molar-refractivity contribution in [3.05, 3.63) is 16.1 Å². The third-order valence-electron chi connectivity index (χ3n) is 5.17. The Morgan fingerprint density at radius 3 is 3.00 bits per heavy atom. The Labute approximate surface area is 155 Å². The van der Waals surface area contributed by atoms with Crippen LogP contribution >= 0.6 is 11.3 Å². The predicted octanol–water partition coefficient (Wildman–Crippen LogP) is 2.34. The molecule has 2 heterocycles. The number of methoxy groups -OCH3 is 1. The van der Waals surface area contributed by atoms with Crippen LogP contribution in [0.2, 0.25) is 0 Å². The maximum absolute atomic E-state index is 5.34. The van der Waals surface area contributed by atoms with Crippen LogP contribution in [0.1, 0.15) is 43.0 Å². The molecule has 0 aromatic carbocycles. The second kappa shape index (κ2) is 8.47. The number of aromatic nitrogens is 1. The van der Waals surface area contributed by atoms with Gasteiger partial charge in [0.1, 0.15) is 11.1 Å². The molecule has 0 amide bonds. The summed E-state index contributed by atoms with van der Waals surface area (Å²) in [6.07, 6.45) is 4.16. The van der Waals surface area contributed by atoms with Gasteiger partial charge >= 0.3 is 0 Å². The highest BCUT2D eigenvalue weighted by Gasteiger charge is 2.34. The molecule has 1 saturated heterocycles. The summed E-state index contributed by atoms with van der Waals surface area (Å²) in [5.41, 5.74) is 1.06. The highest BCUT2D eigenvalue weighted by Crippen LogP contribution is 2.31. The van der Waals surface area contributed by atoms with Gasteiger partial charge < -0.3 is 19.9 Å². The van der Waals surface area contributed by atoms with Gasteiger partial charge in [0.05, 0.1) is 12.2 Å². The van der Waals surface area contributed by atoms with Crippen molar-refractivity contribution in [2.45, 2.75) is 44.9 Å². The highest BCUT2D eigenvalue weighted by molar-refractivity contribution is 7.09. The summed E-state index contributed by atoms with van der Waals surface area (Å²) >= 11 is 1.66. The van der Waals surface area contributed by atoms with E-state index in [2.05, 4.69) is 37.5 Å². The van der Waals surface area contributed by atoms with E-state index in [1.165, 1.54) is 32.4 Å². The van der Waals surface area contributed by atoms with E-state index in [1.54, 1.807) is 18.4 Å². The van der Waals surface area contributed by atoms with Gasteiger partial charge in [-0.2, -0.15) is 0 Å². The lowest BCUT2D eigenvalue weighted by Gasteiger charge is -2.23. The molecule has 1 aliphatic carbocycles. The van der Waals surface area contributed by atoms with Gasteiger partial charge in [0.15, 0.2) is 5.96 Å². The van der Waals surface area contributed by atoms with Crippen molar-refractivity contribution in [2.75, 3.05) is 40.8 Å². The number of hydrogen-bond donors (Lipinski definition) is 1. The first-order valence-electron chi connectivity index (χ1n) is 9.23. The second-order valence-corrected chi connectivity index (χ2v) is 8.11. The molecule has 2 fully saturated rings. The first kappa shape index (κ1) is 18.6. The van der Waals surface area contributed by atoms with Gasteiger partial charge in [0, 0.05) is 45.7 Å². The molecule has 1 saturated carbocycles. The van der Waals surface area contributed by atoms with E-state index >= 15 is 0 Å². The van der Waals surface area contributed by atoms with E-state index in [0.717, 1.165) is 41.7 Å². The maximum atomic E-state index is 5.34. The van der Waals surface area contributed by atoms with Crippen LogP contribution in [-0.2, 0) is 11.3 Å². The third-order valence-corrected chi connectivity index (χ3v) is 6.23. The number of aliphatic imine (C=N–C) groups is 1. The van der Waals surface area contributed by atoms with Gasteiger partial charge in [-0.1, -0.05) is 0 Å². The van der Waals surface area contributed by atoms with Gasteiger partial charge in [-0.05, 0) is 38.6 Å². The summed E-state index contributed by atoms with van der Waals surface area (Å²) in [6, 6.07) is 0.889. The zero-order chi connectivity index (χ0) is 17.8. The van der Waals surface area contributed by atoms with Crippen LogP contribution < -0.4 is 5.32 Å². The van der Waals surface area contributed by atoms with Crippen LogP contribution in [0.15, 0.2) is 10.4 Å². The normalized spacial score (nSPS) is 23.0. The molecule has 7 heteroatoms. The zero-order valence-electron chi connectivity index (χ0n) is 15.9. The van der Waals surface area contributed by atoms with Crippen LogP contribution in [0.25, 0.3) is 0 Å². The van der Waals surface area contributed by atoms with Gasteiger partial charge in [-0.15, -0.1) is 11.3 Å². The van der Waals surface area contributed by atoms with Crippen molar-refractivity contribution in [3.63, 3.8) is 0 Å². The fourth-order valence-electron chi connectivity index (χ4n) is 3.42. The molecule has 2 atom stereocenters. The van der Waals surface area contributed by atoms with E-state index in [9.17, 15) is 0 Å². The second-order valence-electron chi connectivity index (χ2n) is 7.22. The number of nitrogens with one attached hydrogen (secondary N) is 1. The van der Waals surface area contributed by atoms with E-state index in [1.807, 2.05) is 14.0 Å². The van der Waals surface area contributed by atoms with E-state index in [0.29, 0.717) is 0 Å². The number of likely N-dealkylation sites (tertiary alicyclic amines) is 1. The molecule has 2 aliphatic rings. The number of rotatable bonds is 7. The molecule has 0 spiro atoms. The quantitative estimate of drug-likeness (QED) is 0.594. The zero-order valence-corrected chi connectivity index (χ0v) is 16.7. The highest BCUT2D eigenvalue weighted by atomic mass is 32.1. The standard InChI is InChI=1S/C18H31N5OS/c1-13(24-4)17-21-15(12-25-17)11-22(3)18(19-2)20-9-14-7-8-23(10-14)16-5-6-16/h12-14,16H,5-11H2,1-4H3,(H,19,20). The number of hydrogen-bond acceptors (Lipinski definition) is 5. The Morgan fingerprint density at radius 1 is 1.52 bits per heavy atom. The van der Waals surface area contributed by atoms with Crippen LogP contribution in [0.4, 0.5) is 0 Å². The average Bonchev–Trinajstić information content (AvgIpc) is 3.17. The molecule has 2 unspecified atom stereocenters. The lowest BCUT2D eigenvalue weighted by Crippen LogP contribution is -2.41. The topological polar surface area (TPSA) is 53.0 Å². The molecular formula is C18H31N5OS. The summed E-state index contributed by atoms with van der Waals surface area (Å²) in [4.78, 5) is 13.9. The van der Waals surface area contributed by atoms with Crippen LogP contribution in [-0.4, -0.2) is 67.6 Å². The molecule has 0 bridgehead atoms. The largest absolute Gasteiger partial charge is 0.375 e. The fourth-order valence-corrected chi connectivity index (χ4v) is 4.26. The Kier molecular flexibility index (Phi) is 6.30. The molecule has 0 radical (unpaired) electrons. The van der Waals surface area contributed by atoms with Gasteiger partial charge in [-0.3, -0.25) is 4.99 Å². The Balaban J connectivity index is 1.46. The molecule has 1 aromatic heterocycles. The van der Waals surface area contributed by atoms with E-state index in [4.69, 9.17) is 4.74 Å². The summed E-state index contributed by atoms with van der Waals surface area (Å²) < 4.78 is 5.34. The van der Waals surface area contributed by atoms with Crippen molar-refractivity contribution < 1.29 is 4.74 Å². The molecule has 1 aliphatic heterocycles. The van der Waals surface area contributed by atoms with Crippen LogP contribution in [0.5, 0.6) is 0 Å². The summed E-state index contributed by atoms with van der Waals surface area (Å²) in [5, 5.41) is 6.69. The molecular weight excluding hydrogens is 334 g/mol. The van der Waals surface area contributed by atoms with Crippen molar-refractivity contribution in [1.82, 2.24) is 20.1 Å². The molecule has 25 heavy (non-hydrogen) atoms. The molecule has 1 N–H and O–H groups in total. The van der Waals surface area contributed by atoms with Gasteiger partial charge in [0.2, 0.25) is 0 Å². The lowest BCUT2D eigenvalue weighted by atomic mass is 10.1. The van der Waals surface area contributed by atoms with Crippen LogP contribution in [0, 0.1) is 5.92 Å². The van der Waals surface area contributed by atoms with Gasteiger partial charge in [-0.25, -0.2) is 4.98 Å². The number of guanidine groups is 1. The monoisotopic (exact) mass is 365 g/mol. The Hall–Kier alpha value is -1.18. The third kappa shape index (κ3) is 4.92.